The monoisotopic (exact) mass is 199 g/mol. The molecule has 2 aliphatic rings. The van der Waals surface area contributed by atoms with E-state index >= 15 is 0 Å². The van der Waals surface area contributed by atoms with Crippen LogP contribution >= 0.6 is 0 Å². The lowest BCUT2D eigenvalue weighted by Gasteiger charge is -2.23. The van der Waals surface area contributed by atoms with E-state index in [1.165, 1.54) is 37.0 Å². The summed E-state index contributed by atoms with van der Waals surface area (Å²) in [5.41, 5.74) is 8.04. The summed E-state index contributed by atoms with van der Waals surface area (Å²) < 4.78 is 0. The highest BCUT2D eigenvalue weighted by atomic mass is 15.3. The summed E-state index contributed by atoms with van der Waals surface area (Å²) in [6.07, 6.45) is 5.18. The molecule has 0 amide bonds. The van der Waals surface area contributed by atoms with Gasteiger partial charge in [0.2, 0.25) is 0 Å². The van der Waals surface area contributed by atoms with E-state index in [1.807, 2.05) is 12.1 Å². The van der Waals surface area contributed by atoms with Crippen LogP contribution in [0.1, 0.15) is 38.2 Å². The van der Waals surface area contributed by atoms with Crippen LogP contribution in [-0.2, 0) is 0 Å². The van der Waals surface area contributed by atoms with Crippen LogP contribution < -0.4 is 5.43 Å². The Morgan fingerprint density at radius 3 is 2.67 bits per heavy atom. The van der Waals surface area contributed by atoms with Gasteiger partial charge in [0.15, 0.2) is 0 Å². The minimum Gasteiger partial charge on any atom is -0.154 e. The second kappa shape index (κ2) is 3.09. The molecule has 1 saturated carbocycles. The Morgan fingerprint density at radius 1 is 1.13 bits per heavy atom. The molecular weight excluding hydrogens is 184 g/mol. The summed E-state index contributed by atoms with van der Waals surface area (Å²) in [5, 5.41) is 4.40. The second-order valence-electron chi connectivity index (χ2n) is 4.83. The number of fused-ring (bicyclic) bond motifs is 1. The first-order chi connectivity index (χ1) is 7.30. The number of nitrogens with zero attached hydrogens (tertiary/aromatic N) is 2. The van der Waals surface area contributed by atoms with Crippen molar-refractivity contribution in [1.82, 2.24) is 5.43 Å². The maximum Gasteiger partial charge on any atom is 0.0948 e. The van der Waals surface area contributed by atoms with Gasteiger partial charge in [0.05, 0.1) is 11.4 Å². The lowest BCUT2D eigenvalue weighted by atomic mass is 9.80. The van der Waals surface area contributed by atoms with Crippen molar-refractivity contribution in [3.63, 3.8) is 0 Å². The summed E-state index contributed by atoms with van der Waals surface area (Å²) in [6.45, 7) is 2.33. The molecule has 0 unspecified atom stereocenters. The molecule has 1 aromatic carbocycles. The van der Waals surface area contributed by atoms with Crippen molar-refractivity contribution < 1.29 is 0 Å². The van der Waals surface area contributed by atoms with E-state index in [4.69, 9.17) is 0 Å². The minimum absolute atomic E-state index is 0.274. The summed E-state index contributed by atoms with van der Waals surface area (Å²) in [7, 11) is 0. The molecular formula is C13H15N2. The highest BCUT2D eigenvalue weighted by molar-refractivity contribution is 6.09. The largest absolute Gasteiger partial charge is 0.154 e. The molecule has 1 aliphatic heterocycles. The molecule has 0 atom stereocenters. The predicted molar refractivity (Wildman–Crippen MR) is 61.3 cm³/mol. The van der Waals surface area contributed by atoms with Gasteiger partial charge >= 0.3 is 0 Å². The van der Waals surface area contributed by atoms with Crippen LogP contribution in [0.4, 0.5) is 5.69 Å². The molecule has 1 radical (unpaired) electrons. The van der Waals surface area contributed by atoms with Crippen molar-refractivity contribution >= 4 is 11.4 Å². The van der Waals surface area contributed by atoms with E-state index in [2.05, 4.69) is 29.6 Å². The lowest BCUT2D eigenvalue weighted by Crippen LogP contribution is -2.23. The SMILES string of the molecule is CC1(C2=N[N]c3ccccc32)CCCC1. The van der Waals surface area contributed by atoms with Gasteiger partial charge in [-0.3, -0.25) is 0 Å². The van der Waals surface area contributed by atoms with Crippen molar-refractivity contribution in [2.75, 3.05) is 0 Å². The topological polar surface area (TPSA) is 26.5 Å². The molecule has 0 aromatic heterocycles. The summed E-state index contributed by atoms with van der Waals surface area (Å²) in [5.74, 6) is 0. The number of benzene rings is 1. The third-order valence-electron chi connectivity index (χ3n) is 3.70. The quantitative estimate of drug-likeness (QED) is 0.664. The molecule has 1 fully saturated rings. The van der Waals surface area contributed by atoms with Crippen LogP contribution in [0, 0.1) is 5.41 Å². The fourth-order valence-electron chi connectivity index (χ4n) is 2.76. The highest BCUT2D eigenvalue weighted by Crippen LogP contribution is 2.43. The normalized spacial score (nSPS) is 22.1. The Labute approximate surface area is 90.4 Å². The van der Waals surface area contributed by atoms with Crippen LogP contribution in [0.3, 0.4) is 0 Å². The molecule has 2 nitrogen and oxygen atoms in total. The van der Waals surface area contributed by atoms with Gasteiger partial charge < -0.3 is 0 Å². The van der Waals surface area contributed by atoms with Crippen molar-refractivity contribution in [3.05, 3.63) is 29.8 Å². The summed E-state index contributed by atoms with van der Waals surface area (Å²) >= 11 is 0. The van der Waals surface area contributed by atoms with Crippen LogP contribution in [0.15, 0.2) is 29.4 Å². The fourth-order valence-corrected chi connectivity index (χ4v) is 2.76. The predicted octanol–water partition coefficient (Wildman–Crippen LogP) is 3.22. The summed E-state index contributed by atoms with van der Waals surface area (Å²) in [6, 6.07) is 8.30. The van der Waals surface area contributed by atoms with Crippen LogP contribution in [0.25, 0.3) is 0 Å². The molecule has 1 aliphatic carbocycles. The van der Waals surface area contributed by atoms with Crippen molar-refractivity contribution in [3.8, 4) is 0 Å². The highest BCUT2D eigenvalue weighted by Gasteiger charge is 2.38. The molecule has 2 heteroatoms. The Morgan fingerprint density at radius 2 is 1.87 bits per heavy atom. The molecule has 1 aromatic rings. The first-order valence-electron chi connectivity index (χ1n) is 5.68. The lowest BCUT2D eigenvalue weighted by molar-refractivity contribution is 0.487. The minimum atomic E-state index is 0.274. The average Bonchev–Trinajstić information content (AvgIpc) is 2.84. The molecule has 3 rings (SSSR count). The molecule has 1 heterocycles. The molecule has 0 spiro atoms. The van der Waals surface area contributed by atoms with Crippen molar-refractivity contribution in [1.29, 1.82) is 0 Å². The van der Waals surface area contributed by atoms with Gasteiger partial charge in [-0.05, 0) is 18.9 Å². The van der Waals surface area contributed by atoms with Gasteiger partial charge in [0, 0.05) is 11.0 Å². The Bertz CT molecular complexity index is 414. The van der Waals surface area contributed by atoms with Crippen molar-refractivity contribution in [2.45, 2.75) is 32.6 Å². The van der Waals surface area contributed by atoms with Crippen LogP contribution in [0.2, 0.25) is 0 Å². The first-order valence-corrected chi connectivity index (χ1v) is 5.68. The maximum absolute atomic E-state index is 4.40. The smallest absolute Gasteiger partial charge is 0.0948 e. The number of hydrogen-bond acceptors (Lipinski definition) is 1. The molecule has 15 heavy (non-hydrogen) atoms. The van der Waals surface area contributed by atoms with E-state index in [1.54, 1.807) is 0 Å². The van der Waals surface area contributed by atoms with Gasteiger partial charge in [0.1, 0.15) is 0 Å². The Balaban J connectivity index is 2.02. The van der Waals surface area contributed by atoms with E-state index in [0.29, 0.717) is 0 Å². The third-order valence-corrected chi connectivity index (χ3v) is 3.70. The van der Waals surface area contributed by atoms with E-state index < -0.39 is 0 Å². The Hall–Kier alpha value is -1.31. The van der Waals surface area contributed by atoms with Crippen molar-refractivity contribution in [2.24, 2.45) is 10.5 Å². The zero-order valence-electron chi connectivity index (χ0n) is 9.03. The van der Waals surface area contributed by atoms with Gasteiger partial charge in [-0.15, -0.1) is 0 Å². The summed E-state index contributed by atoms with van der Waals surface area (Å²) in [4.78, 5) is 0. The standard InChI is InChI=1S/C13H15N2/c1-13(8-4-5-9-13)12-10-6-2-3-7-11(10)14-15-12/h2-3,6-7H,4-5,8-9H2,1H3. The van der Waals surface area contributed by atoms with Crippen LogP contribution in [0.5, 0.6) is 0 Å². The average molecular weight is 199 g/mol. The van der Waals surface area contributed by atoms with Gasteiger partial charge in [-0.1, -0.05) is 38.0 Å². The van der Waals surface area contributed by atoms with E-state index in [9.17, 15) is 0 Å². The Kier molecular flexibility index (Phi) is 1.84. The number of rotatable bonds is 1. The van der Waals surface area contributed by atoms with Gasteiger partial charge in [0.25, 0.3) is 0 Å². The molecule has 0 N–H and O–H groups in total. The fraction of sp³-hybridized carbons (Fsp3) is 0.462. The molecule has 0 saturated heterocycles. The molecule has 0 bridgehead atoms. The number of hydrogen-bond donors (Lipinski definition) is 0. The van der Waals surface area contributed by atoms with E-state index in [-0.39, 0.29) is 5.41 Å². The van der Waals surface area contributed by atoms with Gasteiger partial charge in [-0.25, -0.2) is 0 Å². The molecule has 77 valence electrons. The first kappa shape index (κ1) is 8.96. The second-order valence-corrected chi connectivity index (χ2v) is 4.83. The maximum atomic E-state index is 4.40. The zero-order valence-corrected chi connectivity index (χ0v) is 9.03. The van der Waals surface area contributed by atoms with Crippen LogP contribution in [-0.4, -0.2) is 5.71 Å². The third kappa shape index (κ3) is 1.28. The van der Waals surface area contributed by atoms with Gasteiger partial charge in [-0.2, -0.15) is 10.5 Å². The van der Waals surface area contributed by atoms with E-state index in [0.717, 1.165) is 5.69 Å². The zero-order chi connectivity index (χ0) is 10.3.